The summed E-state index contributed by atoms with van der Waals surface area (Å²) >= 11 is 0. The first-order chi connectivity index (χ1) is 19.7. The number of hydrogen-bond donors (Lipinski definition) is 3. The number of alkyl halides is 3. The number of anilines is 2. The Bertz CT molecular complexity index is 1330. The van der Waals surface area contributed by atoms with Crippen LogP contribution in [-0.4, -0.2) is 74.4 Å². The normalized spacial score (nSPS) is 16.8. The quantitative estimate of drug-likeness (QED) is 0.355. The highest BCUT2D eigenvalue weighted by Gasteiger charge is 2.38. The summed E-state index contributed by atoms with van der Waals surface area (Å²) in [5, 5.41) is 17.0. The highest BCUT2D eigenvalue weighted by molar-refractivity contribution is 7.92. The first-order valence-corrected chi connectivity index (χ1v) is 15.4. The zero-order valence-corrected chi connectivity index (χ0v) is 24.6. The third-order valence-electron chi connectivity index (χ3n) is 7.48. The molecular weight excluding hydrogens is 575 g/mol. The van der Waals surface area contributed by atoms with Crippen molar-refractivity contribution >= 4 is 33.3 Å². The Balaban J connectivity index is 0.000000616. The topological polar surface area (TPSA) is 127 Å². The van der Waals surface area contributed by atoms with Gasteiger partial charge in [0.15, 0.2) is 0 Å². The number of likely N-dealkylation sites (tertiary alicyclic amines) is 1. The van der Waals surface area contributed by atoms with Crippen LogP contribution >= 0.6 is 0 Å². The molecule has 0 bridgehead atoms. The number of nitrogens with one attached hydrogen (secondary N) is 1. The lowest BCUT2D eigenvalue weighted by Crippen LogP contribution is -2.37. The van der Waals surface area contributed by atoms with Gasteiger partial charge in [0, 0.05) is 18.8 Å². The Hall–Kier alpha value is -3.32. The molecule has 0 radical (unpaired) electrons. The third-order valence-corrected chi connectivity index (χ3v) is 8.85. The lowest BCUT2D eigenvalue weighted by atomic mass is 9.92. The molecule has 2 aliphatic heterocycles. The Labute approximate surface area is 244 Å². The molecular formula is C29H38F3N3O6S. The molecule has 9 nitrogen and oxygen atoms in total. The van der Waals surface area contributed by atoms with Gasteiger partial charge in [-0.3, -0.25) is 4.72 Å². The van der Waals surface area contributed by atoms with Gasteiger partial charge in [-0.15, -0.1) is 0 Å². The molecule has 0 saturated carbocycles. The molecule has 0 unspecified atom stereocenters. The van der Waals surface area contributed by atoms with Crippen LogP contribution in [0.1, 0.15) is 60.0 Å². The molecule has 2 saturated heterocycles. The summed E-state index contributed by atoms with van der Waals surface area (Å²) < 4.78 is 60.1. The largest absolute Gasteiger partial charge is 0.490 e. The van der Waals surface area contributed by atoms with E-state index in [4.69, 9.17) is 9.90 Å². The van der Waals surface area contributed by atoms with E-state index >= 15 is 0 Å². The second-order valence-corrected chi connectivity index (χ2v) is 12.6. The summed E-state index contributed by atoms with van der Waals surface area (Å²) in [5.41, 5.74) is 2.73. The Kier molecular flexibility index (Phi) is 11.2. The van der Waals surface area contributed by atoms with E-state index in [9.17, 15) is 31.5 Å². The number of carbonyl (C=O) groups is 2. The van der Waals surface area contributed by atoms with Gasteiger partial charge in [0.05, 0.1) is 16.1 Å². The average molecular weight is 614 g/mol. The number of carboxylic acid groups (broad SMARTS) is 2. The fourth-order valence-electron chi connectivity index (χ4n) is 5.36. The van der Waals surface area contributed by atoms with Gasteiger partial charge in [-0.1, -0.05) is 12.5 Å². The van der Waals surface area contributed by atoms with Crippen molar-refractivity contribution in [3.05, 3.63) is 53.1 Å². The Morgan fingerprint density at radius 2 is 1.50 bits per heavy atom. The van der Waals surface area contributed by atoms with E-state index < -0.39 is 28.1 Å². The van der Waals surface area contributed by atoms with Gasteiger partial charge < -0.3 is 20.0 Å². The van der Waals surface area contributed by atoms with Crippen molar-refractivity contribution in [2.75, 3.05) is 42.3 Å². The zero-order valence-electron chi connectivity index (χ0n) is 23.8. The number of aliphatic carboxylic acids is 1. The molecule has 2 heterocycles. The lowest BCUT2D eigenvalue weighted by molar-refractivity contribution is -0.192. The smallest absolute Gasteiger partial charge is 0.478 e. The number of aromatic carboxylic acids is 1. The second kappa shape index (κ2) is 14.2. The minimum atomic E-state index is -5.08. The van der Waals surface area contributed by atoms with Gasteiger partial charge >= 0.3 is 18.1 Å². The van der Waals surface area contributed by atoms with Crippen LogP contribution in [0.5, 0.6) is 0 Å². The summed E-state index contributed by atoms with van der Waals surface area (Å²) in [7, 11) is -3.82. The molecule has 2 aromatic carbocycles. The molecule has 0 aromatic heterocycles. The molecule has 2 aromatic rings. The first-order valence-electron chi connectivity index (χ1n) is 13.9. The monoisotopic (exact) mass is 613 g/mol. The number of carboxylic acids is 2. The van der Waals surface area contributed by atoms with Crippen LogP contribution in [0.25, 0.3) is 0 Å². The zero-order chi connectivity index (χ0) is 31.1. The van der Waals surface area contributed by atoms with Gasteiger partial charge in [-0.25, -0.2) is 18.0 Å². The average Bonchev–Trinajstić information content (AvgIpc) is 2.92. The fraction of sp³-hybridized carbons (Fsp3) is 0.517. The van der Waals surface area contributed by atoms with Gasteiger partial charge in [0.1, 0.15) is 0 Å². The van der Waals surface area contributed by atoms with E-state index in [0.717, 1.165) is 37.1 Å². The molecule has 232 valence electrons. The van der Waals surface area contributed by atoms with Gasteiger partial charge in [0.25, 0.3) is 10.0 Å². The lowest BCUT2D eigenvalue weighted by Gasteiger charge is -2.35. The van der Waals surface area contributed by atoms with E-state index in [0.29, 0.717) is 11.6 Å². The number of halogens is 3. The van der Waals surface area contributed by atoms with Crippen molar-refractivity contribution in [2.24, 2.45) is 5.92 Å². The number of sulfonamides is 1. The minimum absolute atomic E-state index is 0.123. The highest BCUT2D eigenvalue weighted by atomic mass is 32.2. The van der Waals surface area contributed by atoms with Crippen LogP contribution in [0.15, 0.2) is 41.3 Å². The highest BCUT2D eigenvalue weighted by Crippen LogP contribution is 2.31. The van der Waals surface area contributed by atoms with Crippen molar-refractivity contribution < 1.29 is 41.4 Å². The maximum atomic E-state index is 12.9. The van der Waals surface area contributed by atoms with E-state index in [1.807, 2.05) is 19.9 Å². The number of rotatable bonds is 8. The molecule has 0 aliphatic carbocycles. The number of benzene rings is 2. The van der Waals surface area contributed by atoms with Crippen molar-refractivity contribution in [3.63, 3.8) is 0 Å². The van der Waals surface area contributed by atoms with Crippen molar-refractivity contribution in [3.8, 4) is 0 Å². The first kappa shape index (κ1) is 33.2. The predicted molar refractivity (Wildman–Crippen MR) is 154 cm³/mol. The maximum absolute atomic E-state index is 12.9. The molecule has 4 rings (SSSR count). The van der Waals surface area contributed by atoms with Gasteiger partial charge in [0.2, 0.25) is 0 Å². The molecule has 2 fully saturated rings. The minimum Gasteiger partial charge on any atom is -0.478 e. The number of piperidine rings is 2. The number of hydrogen-bond acceptors (Lipinski definition) is 6. The number of aryl methyl sites for hydroxylation is 2. The van der Waals surface area contributed by atoms with Crippen LogP contribution in [0, 0.1) is 19.8 Å². The predicted octanol–water partition coefficient (Wildman–Crippen LogP) is 5.53. The summed E-state index contributed by atoms with van der Waals surface area (Å²) in [4.78, 5) is 25.8. The summed E-state index contributed by atoms with van der Waals surface area (Å²) in [5.74, 6) is -3.14. The van der Waals surface area contributed by atoms with Crippen LogP contribution < -0.4 is 9.62 Å². The fourth-order valence-corrected chi connectivity index (χ4v) is 6.60. The van der Waals surface area contributed by atoms with Gasteiger partial charge in [-0.2, -0.15) is 13.2 Å². The molecule has 0 atom stereocenters. The third kappa shape index (κ3) is 9.62. The SMILES string of the molecule is Cc1cc(C)cc(S(=O)(=O)Nc2ccc(N3CCC(CCN4CCCCC4)CC3)c(C(=O)O)c2)c1.O=C(O)C(F)(F)F. The molecule has 42 heavy (non-hydrogen) atoms. The maximum Gasteiger partial charge on any atom is 0.490 e. The van der Waals surface area contributed by atoms with Crippen molar-refractivity contribution in [1.29, 1.82) is 0 Å². The van der Waals surface area contributed by atoms with Crippen LogP contribution in [-0.2, 0) is 14.8 Å². The second-order valence-electron chi connectivity index (χ2n) is 10.9. The van der Waals surface area contributed by atoms with E-state index in [1.165, 1.54) is 51.4 Å². The van der Waals surface area contributed by atoms with E-state index in [-0.39, 0.29) is 16.1 Å². The number of nitrogens with zero attached hydrogens (tertiary/aromatic N) is 2. The summed E-state index contributed by atoms with van der Waals surface area (Å²) in [6.45, 7) is 8.94. The molecule has 0 spiro atoms. The Morgan fingerprint density at radius 1 is 0.929 bits per heavy atom. The van der Waals surface area contributed by atoms with Crippen LogP contribution in [0.3, 0.4) is 0 Å². The molecule has 13 heteroatoms. The molecule has 3 N–H and O–H groups in total. The van der Waals surface area contributed by atoms with E-state index in [2.05, 4.69) is 14.5 Å². The van der Waals surface area contributed by atoms with Gasteiger partial charge in [-0.05, 0) is 113 Å². The summed E-state index contributed by atoms with van der Waals surface area (Å²) in [6, 6.07) is 9.95. The van der Waals surface area contributed by atoms with Crippen LogP contribution in [0.4, 0.5) is 24.5 Å². The standard InChI is InChI=1S/C27H37N3O4S.C2HF3O2/c1-20-16-21(2)18-24(17-20)35(33,34)28-23-6-7-26(25(19-23)27(31)32)30-14-9-22(10-15-30)8-13-29-11-4-3-5-12-29;3-2(4,5)1(6)7/h6-7,16-19,22,28H,3-5,8-15H2,1-2H3,(H,31,32);(H,6,7). The molecule has 2 aliphatic rings. The Morgan fingerprint density at radius 3 is 2.02 bits per heavy atom. The van der Waals surface area contributed by atoms with Crippen molar-refractivity contribution in [2.45, 2.75) is 63.4 Å². The van der Waals surface area contributed by atoms with E-state index in [1.54, 1.807) is 24.3 Å². The van der Waals surface area contributed by atoms with Crippen molar-refractivity contribution in [1.82, 2.24) is 4.90 Å². The summed E-state index contributed by atoms with van der Waals surface area (Å²) in [6.07, 6.45) is 2.20. The van der Waals surface area contributed by atoms with Crippen LogP contribution in [0.2, 0.25) is 0 Å². The molecule has 0 amide bonds.